The summed E-state index contributed by atoms with van der Waals surface area (Å²) in [7, 11) is 0. The van der Waals surface area contributed by atoms with Crippen molar-refractivity contribution in [2.24, 2.45) is 5.92 Å². The lowest BCUT2D eigenvalue weighted by atomic mass is 9.90. The van der Waals surface area contributed by atoms with E-state index in [9.17, 15) is 4.79 Å². The molecule has 5 nitrogen and oxygen atoms in total. The van der Waals surface area contributed by atoms with Gasteiger partial charge in [-0.05, 0) is 46.1 Å². The quantitative estimate of drug-likeness (QED) is 0.689. The second kappa shape index (κ2) is 6.21. The highest BCUT2D eigenvalue weighted by Gasteiger charge is 2.27. The molecule has 1 amide bonds. The lowest BCUT2D eigenvalue weighted by Crippen LogP contribution is -2.52. The molecule has 1 heterocycles. The number of carbonyl (C=O) groups is 1. The summed E-state index contributed by atoms with van der Waals surface area (Å²) < 4.78 is 5.23. The van der Waals surface area contributed by atoms with E-state index >= 15 is 0 Å². The lowest BCUT2D eigenvalue weighted by molar-refractivity contribution is 0.0467. The molecule has 1 rings (SSSR count). The predicted octanol–water partition coefficient (Wildman–Crippen LogP) is 0.872. The maximum atomic E-state index is 11.7. The summed E-state index contributed by atoms with van der Waals surface area (Å²) in [5.41, 5.74) is -0.474. The molecule has 0 spiro atoms. The standard InChI is InChI=1S/C12H24N2O3/c1-12(2,3)17-11(16)14-10-8-13-6-4-9(10)5-7-15/h9-10,13,15H,4-8H2,1-3H3,(H,14,16). The third-order valence-electron chi connectivity index (χ3n) is 2.83. The molecular formula is C12H24N2O3. The van der Waals surface area contributed by atoms with Gasteiger partial charge in [0.05, 0.1) is 0 Å². The predicted molar refractivity (Wildman–Crippen MR) is 65.8 cm³/mol. The third-order valence-corrected chi connectivity index (χ3v) is 2.83. The molecule has 0 aromatic heterocycles. The summed E-state index contributed by atoms with van der Waals surface area (Å²) in [5, 5.41) is 15.1. The van der Waals surface area contributed by atoms with Crippen molar-refractivity contribution in [3.05, 3.63) is 0 Å². The van der Waals surface area contributed by atoms with Gasteiger partial charge in [-0.15, -0.1) is 0 Å². The molecule has 0 saturated carbocycles. The molecule has 100 valence electrons. The highest BCUT2D eigenvalue weighted by molar-refractivity contribution is 5.68. The van der Waals surface area contributed by atoms with Crippen LogP contribution in [0, 0.1) is 5.92 Å². The third kappa shape index (κ3) is 5.37. The fraction of sp³-hybridized carbons (Fsp3) is 0.917. The number of rotatable bonds is 3. The van der Waals surface area contributed by atoms with Gasteiger partial charge in [0.15, 0.2) is 0 Å². The van der Waals surface area contributed by atoms with E-state index in [4.69, 9.17) is 9.84 Å². The van der Waals surface area contributed by atoms with Crippen LogP contribution >= 0.6 is 0 Å². The van der Waals surface area contributed by atoms with E-state index < -0.39 is 5.60 Å². The molecule has 0 aromatic carbocycles. The summed E-state index contributed by atoms with van der Waals surface area (Å²) in [6.07, 6.45) is 1.32. The fourth-order valence-corrected chi connectivity index (χ4v) is 2.05. The van der Waals surface area contributed by atoms with Crippen LogP contribution in [0.25, 0.3) is 0 Å². The van der Waals surface area contributed by atoms with E-state index in [0.29, 0.717) is 5.92 Å². The van der Waals surface area contributed by atoms with Crippen LogP contribution in [-0.2, 0) is 4.74 Å². The zero-order valence-corrected chi connectivity index (χ0v) is 11.0. The van der Waals surface area contributed by atoms with E-state index in [1.54, 1.807) is 0 Å². The molecule has 1 aliphatic rings. The SMILES string of the molecule is CC(C)(C)OC(=O)NC1CNCCC1CCO. The Bertz CT molecular complexity index is 249. The van der Waals surface area contributed by atoms with Gasteiger partial charge in [-0.2, -0.15) is 0 Å². The van der Waals surface area contributed by atoms with Crippen molar-refractivity contribution in [3.8, 4) is 0 Å². The van der Waals surface area contributed by atoms with E-state index in [1.807, 2.05) is 20.8 Å². The van der Waals surface area contributed by atoms with Gasteiger partial charge in [-0.1, -0.05) is 0 Å². The van der Waals surface area contributed by atoms with Crippen molar-refractivity contribution < 1.29 is 14.6 Å². The van der Waals surface area contributed by atoms with E-state index in [2.05, 4.69) is 10.6 Å². The highest BCUT2D eigenvalue weighted by Crippen LogP contribution is 2.17. The van der Waals surface area contributed by atoms with Crippen LogP contribution in [0.2, 0.25) is 0 Å². The molecule has 17 heavy (non-hydrogen) atoms. The Hall–Kier alpha value is -0.810. The molecule has 0 radical (unpaired) electrons. The minimum Gasteiger partial charge on any atom is -0.444 e. The summed E-state index contributed by atoms with van der Waals surface area (Å²) >= 11 is 0. The lowest BCUT2D eigenvalue weighted by Gasteiger charge is -2.33. The number of amides is 1. The van der Waals surface area contributed by atoms with Crippen LogP contribution in [0.1, 0.15) is 33.6 Å². The zero-order chi connectivity index (χ0) is 12.9. The first-order chi connectivity index (χ1) is 7.92. The van der Waals surface area contributed by atoms with Crippen LogP contribution < -0.4 is 10.6 Å². The second-order valence-electron chi connectivity index (χ2n) is 5.52. The average Bonchev–Trinajstić information content (AvgIpc) is 2.18. The van der Waals surface area contributed by atoms with Crippen molar-refractivity contribution >= 4 is 6.09 Å². The van der Waals surface area contributed by atoms with Gasteiger partial charge in [0.1, 0.15) is 5.60 Å². The summed E-state index contributed by atoms with van der Waals surface area (Å²) in [4.78, 5) is 11.7. The Morgan fingerprint density at radius 3 is 2.82 bits per heavy atom. The average molecular weight is 244 g/mol. The summed E-state index contributed by atoms with van der Waals surface area (Å²) in [5.74, 6) is 0.328. The van der Waals surface area contributed by atoms with Gasteiger partial charge in [0.25, 0.3) is 0 Å². The molecule has 1 aliphatic heterocycles. The topological polar surface area (TPSA) is 70.6 Å². The maximum Gasteiger partial charge on any atom is 0.407 e. The first kappa shape index (κ1) is 14.3. The number of ether oxygens (including phenoxy) is 1. The van der Waals surface area contributed by atoms with Crippen LogP contribution in [-0.4, -0.2) is 42.5 Å². The van der Waals surface area contributed by atoms with Gasteiger partial charge in [-0.25, -0.2) is 4.79 Å². The molecule has 2 unspecified atom stereocenters. The highest BCUT2D eigenvalue weighted by atomic mass is 16.6. The first-order valence-corrected chi connectivity index (χ1v) is 6.23. The van der Waals surface area contributed by atoms with Crippen LogP contribution in [0.15, 0.2) is 0 Å². The molecule has 2 atom stereocenters. The van der Waals surface area contributed by atoms with E-state index in [0.717, 1.165) is 25.9 Å². The van der Waals surface area contributed by atoms with Crippen LogP contribution in [0.5, 0.6) is 0 Å². The Kier molecular flexibility index (Phi) is 5.21. The van der Waals surface area contributed by atoms with Gasteiger partial charge >= 0.3 is 6.09 Å². The number of carbonyl (C=O) groups excluding carboxylic acids is 1. The number of hydrogen-bond acceptors (Lipinski definition) is 4. The summed E-state index contributed by atoms with van der Waals surface area (Å²) in [6.45, 7) is 7.38. The number of aliphatic hydroxyl groups is 1. The van der Waals surface area contributed by atoms with Crippen LogP contribution in [0.3, 0.4) is 0 Å². The molecular weight excluding hydrogens is 220 g/mol. The van der Waals surface area contributed by atoms with E-state index in [1.165, 1.54) is 0 Å². The number of piperidine rings is 1. The number of aliphatic hydroxyl groups excluding tert-OH is 1. The monoisotopic (exact) mass is 244 g/mol. The molecule has 1 fully saturated rings. The largest absolute Gasteiger partial charge is 0.444 e. The van der Waals surface area contributed by atoms with Crippen LogP contribution in [0.4, 0.5) is 4.79 Å². The molecule has 0 aliphatic carbocycles. The minimum atomic E-state index is -0.474. The van der Waals surface area contributed by atoms with Crippen molar-refractivity contribution in [2.75, 3.05) is 19.7 Å². The maximum absolute atomic E-state index is 11.7. The van der Waals surface area contributed by atoms with E-state index in [-0.39, 0.29) is 18.7 Å². The Balaban J connectivity index is 2.44. The number of alkyl carbamates (subject to hydrolysis) is 1. The first-order valence-electron chi connectivity index (χ1n) is 6.23. The zero-order valence-electron chi connectivity index (χ0n) is 11.0. The molecule has 5 heteroatoms. The van der Waals surface area contributed by atoms with Crippen molar-refractivity contribution in [1.29, 1.82) is 0 Å². The van der Waals surface area contributed by atoms with Gasteiger partial charge in [-0.3, -0.25) is 0 Å². The summed E-state index contributed by atoms with van der Waals surface area (Å²) in [6, 6.07) is 0.0470. The second-order valence-corrected chi connectivity index (χ2v) is 5.52. The number of hydrogen-bond donors (Lipinski definition) is 3. The molecule has 0 aromatic rings. The van der Waals surface area contributed by atoms with Gasteiger partial charge in [0.2, 0.25) is 0 Å². The molecule has 3 N–H and O–H groups in total. The fourth-order valence-electron chi connectivity index (χ4n) is 2.05. The Morgan fingerprint density at radius 2 is 2.24 bits per heavy atom. The van der Waals surface area contributed by atoms with Gasteiger partial charge in [0, 0.05) is 19.2 Å². The normalized spacial score (nSPS) is 25.4. The minimum absolute atomic E-state index is 0.0470. The Labute approximate surface area is 103 Å². The van der Waals surface area contributed by atoms with Gasteiger partial charge < -0.3 is 20.5 Å². The molecule has 0 bridgehead atoms. The van der Waals surface area contributed by atoms with Crippen molar-refractivity contribution in [1.82, 2.24) is 10.6 Å². The van der Waals surface area contributed by atoms with Crippen molar-refractivity contribution in [3.63, 3.8) is 0 Å². The Morgan fingerprint density at radius 1 is 1.53 bits per heavy atom. The van der Waals surface area contributed by atoms with Crippen molar-refractivity contribution in [2.45, 2.75) is 45.3 Å². The number of nitrogens with one attached hydrogen (secondary N) is 2. The smallest absolute Gasteiger partial charge is 0.407 e. The molecule has 1 saturated heterocycles.